The van der Waals surface area contributed by atoms with Gasteiger partial charge in [-0.15, -0.1) is 10.2 Å². The molecule has 4 heteroatoms. The molecule has 11 rings (SSSR count). The zero-order valence-corrected chi connectivity index (χ0v) is 30.3. The van der Waals surface area contributed by atoms with Crippen LogP contribution in [0.5, 0.6) is 11.5 Å². The van der Waals surface area contributed by atoms with Gasteiger partial charge in [0.25, 0.3) is 0 Å². The Labute approximate surface area is 325 Å². The molecule has 1 aliphatic carbocycles. The number of para-hydroxylation sites is 2. The van der Waals surface area contributed by atoms with Crippen molar-refractivity contribution in [1.82, 2.24) is 15.2 Å². The highest BCUT2D eigenvalue weighted by Gasteiger charge is 2.51. The van der Waals surface area contributed by atoms with E-state index in [-0.39, 0.29) is 0 Å². The molecule has 262 valence electrons. The summed E-state index contributed by atoms with van der Waals surface area (Å²) in [6.45, 7) is 0. The zero-order chi connectivity index (χ0) is 37.1. The first-order chi connectivity index (χ1) is 27.8. The van der Waals surface area contributed by atoms with Crippen LogP contribution in [0.25, 0.3) is 67.3 Å². The van der Waals surface area contributed by atoms with Gasteiger partial charge < -0.3 is 4.74 Å². The summed E-state index contributed by atoms with van der Waals surface area (Å²) in [5.41, 5.74) is 15.3. The van der Waals surface area contributed by atoms with E-state index in [2.05, 4.69) is 176 Å². The van der Waals surface area contributed by atoms with Crippen LogP contribution >= 0.6 is 0 Å². The van der Waals surface area contributed by atoms with Crippen LogP contribution in [0.15, 0.2) is 200 Å². The molecule has 1 spiro atoms. The molecule has 56 heavy (non-hydrogen) atoms. The van der Waals surface area contributed by atoms with Crippen molar-refractivity contribution in [1.29, 1.82) is 0 Å². The Bertz CT molecular complexity index is 2890. The Balaban J connectivity index is 1.13. The summed E-state index contributed by atoms with van der Waals surface area (Å²) in [4.78, 5) is 5.45. The van der Waals surface area contributed by atoms with Crippen LogP contribution in [-0.4, -0.2) is 15.2 Å². The summed E-state index contributed by atoms with van der Waals surface area (Å²) in [6, 6.07) is 70.2. The van der Waals surface area contributed by atoms with Crippen molar-refractivity contribution in [2.45, 2.75) is 5.41 Å². The van der Waals surface area contributed by atoms with Gasteiger partial charge in [0.15, 0.2) is 5.82 Å². The van der Waals surface area contributed by atoms with Crippen LogP contribution in [0.2, 0.25) is 0 Å². The Morgan fingerprint density at radius 1 is 0.321 bits per heavy atom. The van der Waals surface area contributed by atoms with Gasteiger partial charge in [0.05, 0.1) is 5.41 Å². The first kappa shape index (κ1) is 32.0. The van der Waals surface area contributed by atoms with E-state index in [1.807, 2.05) is 24.3 Å². The van der Waals surface area contributed by atoms with Gasteiger partial charge in [-0.3, -0.25) is 0 Å². The zero-order valence-electron chi connectivity index (χ0n) is 30.3. The highest BCUT2D eigenvalue weighted by atomic mass is 16.5. The fraction of sp³-hybridized carbons (Fsp3) is 0.0192. The van der Waals surface area contributed by atoms with E-state index in [0.717, 1.165) is 67.4 Å². The van der Waals surface area contributed by atoms with Crippen LogP contribution in [0, 0.1) is 0 Å². The maximum absolute atomic E-state index is 6.57. The second-order valence-electron chi connectivity index (χ2n) is 14.3. The average Bonchev–Trinajstić information content (AvgIpc) is 3.57. The molecule has 1 aliphatic heterocycles. The minimum Gasteiger partial charge on any atom is -0.457 e. The average molecular weight is 716 g/mol. The third-order valence-electron chi connectivity index (χ3n) is 11.3. The number of aromatic nitrogens is 3. The number of ether oxygens (including phenoxy) is 1. The lowest BCUT2D eigenvalue weighted by molar-refractivity contribution is 0.436. The first-order valence-corrected chi connectivity index (χ1v) is 18.9. The summed E-state index contributed by atoms with van der Waals surface area (Å²) in [6.07, 6.45) is 0. The SMILES string of the molecule is c1ccc(-c2ccc(-c3nnc(-c4ccc5c(c4)C4(c6ccccc6Oc6ccccc64)c4ccccc4-5)nc3-c3ccccc3-c3ccccc3)cc2)cc1. The van der Waals surface area contributed by atoms with Gasteiger partial charge in [-0.25, -0.2) is 4.98 Å². The first-order valence-electron chi connectivity index (χ1n) is 18.9. The highest BCUT2D eigenvalue weighted by molar-refractivity contribution is 5.91. The summed E-state index contributed by atoms with van der Waals surface area (Å²) in [5.74, 6) is 2.29. The van der Waals surface area contributed by atoms with E-state index in [0.29, 0.717) is 5.82 Å². The minimum atomic E-state index is -0.593. The quantitative estimate of drug-likeness (QED) is 0.178. The third-order valence-corrected chi connectivity index (χ3v) is 11.3. The van der Waals surface area contributed by atoms with Gasteiger partial charge in [-0.1, -0.05) is 182 Å². The molecule has 0 atom stereocenters. The normalized spacial score (nSPS) is 12.9. The Morgan fingerprint density at radius 2 is 0.821 bits per heavy atom. The fourth-order valence-electron chi connectivity index (χ4n) is 8.83. The lowest BCUT2D eigenvalue weighted by Crippen LogP contribution is -2.32. The van der Waals surface area contributed by atoms with Crippen molar-refractivity contribution in [3.8, 4) is 78.8 Å². The molecule has 0 saturated heterocycles. The fourth-order valence-corrected chi connectivity index (χ4v) is 8.83. The van der Waals surface area contributed by atoms with Crippen molar-refractivity contribution >= 4 is 0 Å². The number of fused-ring (bicyclic) bond motifs is 9. The molecule has 0 amide bonds. The molecule has 2 heterocycles. The van der Waals surface area contributed by atoms with E-state index in [9.17, 15) is 0 Å². The molecule has 0 N–H and O–H groups in total. The van der Waals surface area contributed by atoms with E-state index in [4.69, 9.17) is 19.9 Å². The second kappa shape index (κ2) is 12.9. The number of hydrogen-bond donors (Lipinski definition) is 0. The van der Waals surface area contributed by atoms with Crippen LogP contribution in [0.4, 0.5) is 0 Å². The van der Waals surface area contributed by atoms with Gasteiger partial charge in [0, 0.05) is 27.8 Å². The molecule has 9 aromatic rings. The monoisotopic (exact) mass is 715 g/mol. The van der Waals surface area contributed by atoms with Crippen molar-refractivity contribution in [3.05, 3.63) is 222 Å². The Morgan fingerprint density at radius 3 is 1.52 bits per heavy atom. The van der Waals surface area contributed by atoms with Crippen molar-refractivity contribution < 1.29 is 4.74 Å². The molecule has 4 nitrogen and oxygen atoms in total. The molecule has 0 fully saturated rings. The molecule has 0 unspecified atom stereocenters. The van der Waals surface area contributed by atoms with Gasteiger partial charge in [0.1, 0.15) is 22.9 Å². The molecular formula is C52H33N3O. The molecular weight excluding hydrogens is 683 g/mol. The highest BCUT2D eigenvalue weighted by Crippen LogP contribution is 2.62. The van der Waals surface area contributed by atoms with Crippen molar-refractivity contribution in [3.63, 3.8) is 0 Å². The van der Waals surface area contributed by atoms with Crippen LogP contribution in [0.1, 0.15) is 22.3 Å². The minimum absolute atomic E-state index is 0.565. The van der Waals surface area contributed by atoms with E-state index in [1.54, 1.807) is 0 Å². The summed E-state index contributed by atoms with van der Waals surface area (Å²) >= 11 is 0. The van der Waals surface area contributed by atoms with Crippen LogP contribution in [0.3, 0.4) is 0 Å². The van der Waals surface area contributed by atoms with Gasteiger partial charge in [0.2, 0.25) is 0 Å². The van der Waals surface area contributed by atoms with Gasteiger partial charge >= 0.3 is 0 Å². The van der Waals surface area contributed by atoms with Crippen LogP contribution in [-0.2, 0) is 5.41 Å². The van der Waals surface area contributed by atoms with Gasteiger partial charge in [-0.05, 0) is 62.7 Å². The second-order valence-corrected chi connectivity index (χ2v) is 14.3. The number of benzene rings is 8. The van der Waals surface area contributed by atoms with Gasteiger partial charge in [-0.2, -0.15) is 0 Å². The predicted molar refractivity (Wildman–Crippen MR) is 224 cm³/mol. The maximum Gasteiger partial charge on any atom is 0.182 e. The lowest BCUT2D eigenvalue weighted by Gasteiger charge is -2.39. The lowest BCUT2D eigenvalue weighted by atomic mass is 9.66. The molecule has 1 aromatic heterocycles. The molecule has 0 saturated carbocycles. The number of nitrogens with zero attached hydrogens (tertiary/aromatic N) is 3. The van der Waals surface area contributed by atoms with E-state index < -0.39 is 5.41 Å². The molecule has 0 bridgehead atoms. The largest absolute Gasteiger partial charge is 0.457 e. The Kier molecular flexibility index (Phi) is 7.36. The third kappa shape index (κ3) is 4.89. The number of rotatable bonds is 5. The standard InChI is InChI=1S/C52H33N3O/c1-3-15-34(16-4-1)35-27-29-37(30-28-35)49-50(42-21-8-7-19-39(42)36-17-5-2-6-18-36)53-51(55-54-49)38-31-32-41-40-20-9-10-22-43(40)52(46(41)33-38)44-23-11-13-25-47(44)56-48-26-14-12-24-45(48)52/h1-33H. The van der Waals surface area contributed by atoms with E-state index in [1.165, 1.54) is 27.8 Å². The Hall–Kier alpha value is -7.43. The molecule has 2 aliphatic rings. The van der Waals surface area contributed by atoms with Crippen LogP contribution < -0.4 is 4.74 Å². The summed E-state index contributed by atoms with van der Waals surface area (Å²) in [5, 5.41) is 9.92. The number of hydrogen-bond acceptors (Lipinski definition) is 4. The molecule has 8 aromatic carbocycles. The van der Waals surface area contributed by atoms with Crippen molar-refractivity contribution in [2.24, 2.45) is 0 Å². The summed E-state index contributed by atoms with van der Waals surface area (Å²) < 4.78 is 6.57. The van der Waals surface area contributed by atoms with E-state index >= 15 is 0 Å². The molecule has 0 radical (unpaired) electrons. The predicted octanol–water partition coefficient (Wildman–Crippen LogP) is 12.7. The summed E-state index contributed by atoms with van der Waals surface area (Å²) in [7, 11) is 0. The topological polar surface area (TPSA) is 47.9 Å². The maximum atomic E-state index is 6.57. The van der Waals surface area contributed by atoms with Crippen molar-refractivity contribution in [2.75, 3.05) is 0 Å². The smallest absolute Gasteiger partial charge is 0.182 e.